The zero-order chi connectivity index (χ0) is 33.8. The van der Waals surface area contributed by atoms with Gasteiger partial charge in [0.05, 0.1) is 57.6 Å². The standard InChI is InChI=1S/C45H25N5/c1-48-32-21-23-43-39(26-32)36-15-5-7-18-41(36)50(43)44-19-9-11-31(28-47)45(44)37-16-3-2-13-34(37)30-10-8-12-33(25-30)49-40-17-6-4-14-35(40)38-24-29(27-46)20-22-42(38)49/h2-26H. The van der Waals surface area contributed by atoms with Crippen LogP contribution in [-0.2, 0) is 0 Å². The molecule has 2 heterocycles. The summed E-state index contributed by atoms with van der Waals surface area (Å²) in [6.45, 7) is 7.63. The normalized spacial score (nSPS) is 11.1. The average molecular weight is 636 g/mol. The molecule has 0 N–H and O–H groups in total. The smallest absolute Gasteiger partial charge is 0.188 e. The minimum atomic E-state index is 0.575. The summed E-state index contributed by atoms with van der Waals surface area (Å²) in [6.07, 6.45) is 0. The number of benzene rings is 7. The van der Waals surface area contributed by atoms with E-state index in [2.05, 4.69) is 92.8 Å². The molecule has 0 aliphatic rings. The number of nitriles is 2. The fraction of sp³-hybridized carbons (Fsp3) is 0. The minimum absolute atomic E-state index is 0.575. The molecule has 50 heavy (non-hydrogen) atoms. The Kier molecular flexibility index (Phi) is 6.56. The summed E-state index contributed by atoms with van der Waals surface area (Å²) >= 11 is 0. The maximum Gasteiger partial charge on any atom is 0.188 e. The second-order valence-electron chi connectivity index (χ2n) is 12.3. The van der Waals surface area contributed by atoms with E-state index in [9.17, 15) is 10.5 Å². The molecule has 0 aliphatic carbocycles. The first-order valence-corrected chi connectivity index (χ1v) is 16.3. The van der Waals surface area contributed by atoms with E-state index in [-0.39, 0.29) is 0 Å². The molecule has 7 aromatic carbocycles. The van der Waals surface area contributed by atoms with Crippen molar-refractivity contribution >= 4 is 49.3 Å². The van der Waals surface area contributed by atoms with Crippen LogP contribution in [0.1, 0.15) is 11.1 Å². The van der Waals surface area contributed by atoms with Gasteiger partial charge >= 0.3 is 0 Å². The molecule has 0 amide bonds. The molecule has 0 radical (unpaired) electrons. The van der Waals surface area contributed by atoms with Crippen molar-refractivity contribution in [2.24, 2.45) is 0 Å². The maximum atomic E-state index is 10.5. The average Bonchev–Trinajstić information content (AvgIpc) is 3.69. The van der Waals surface area contributed by atoms with E-state index in [1.54, 1.807) is 0 Å². The maximum absolute atomic E-state index is 10.5. The van der Waals surface area contributed by atoms with Crippen LogP contribution in [0.3, 0.4) is 0 Å². The Balaban J connectivity index is 1.29. The number of hydrogen-bond acceptors (Lipinski definition) is 2. The van der Waals surface area contributed by atoms with Crippen LogP contribution in [0.4, 0.5) is 5.69 Å². The minimum Gasteiger partial charge on any atom is -0.309 e. The highest BCUT2D eigenvalue weighted by molar-refractivity contribution is 6.12. The van der Waals surface area contributed by atoms with Gasteiger partial charge in [0, 0.05) is 27.4 Å². The Morgan fingerprint density at radius 3 is 1.90 bits per heavy atom. The van der Waals surface area contributed by atoms with Gasteiger partial charge in [-0.1, -0.05) is 84.9 Å². The fourth-order valence-electron chi connectivity index (χ4n) is 7.48. The van der Waals surface area contributed by atoms with E-state index < -0.39 is 0 Å². The van der Waals surface area contributed by atoms with Crippen LogP contribution in [0, 0.1) is 29.2 Å². The summed E-state index contributed by atoms with van der Waals surface area (Å²) in [5, 5.41) is 24.4. The summed E-state index contributed by atoms with van der Waals surface area (Å²) in [5.41, 5.74) is 11.6. The first-order valence-electron chi connectivity index (χ1n) is 16.3. The predicted molar refractivity (Wildman–Crippen MR) is 202 cm³/mol. The topological polar surface area (TPSA) is 61.8 Å². The summed E-state index contributed by atoms with van der Waals surface area (Å²) < 4.78 is 4.47. The predicted octanol–water partition coefficient (Wildman–Crippen LogP) is 11.5. The van der Waals surface area contributed by atoms with Crippen LogP contribution in [0.25, 0.3) is 82.1 Å². The first kappa shape index (κ1) is 28.8. The van der Waals surface area contributed by atoms with Gasteiger partial charge in [-0.3, -0.25) is 0 Å². The van der Waals surface area contributed by atoms with Gasteiger partial charge in [-0.2, -0.15) is 10.5 Å². The van der Waals surface area contributed by atoms with Crippen LogP contribution in [0.5, 0.6) is 0 Å². The van der Waals surface area contributed by atoms with Crippen molar-refractivity contribution in [2.75, 3.05) is 0 Å². The van der Waals surface area contributed by atoms with Crippen LogP contribution >= 0.6 is 0 Å². The highest BCUT2D eigenvalue weighted by atomic mass is 15.0. The second-order valence-corrected chi connectivity index (χ2v) is 12.3. The third-order valence-electron chi connectivity index (χ3n) is 9.60. The third-order valence-corrected chi connectivity index (χ3v) is 9.60. The molecule has 230 valence electrons. The van der Waals surface area contributed by atoms with Crippen molar-refractivity contribution in [3.63, 3.8) is 0 Å². The van der Waals surface area contributed by atoms with Gasteiger partial charge in [0.25, 0.3) is 0 Å². The van der Waals surface area contributed by atoms with Crippen molar-refractivity contribution in [1.82, 2.24) is 9.13 Å². The van der Waals surface area contributed by atoms with Crippen LogP contribution in [0.15, 0.2) is 152 Å². The number of para-hydroxylation sites is 2. The molecule has 5 heteroatoms. The monoisotopic (exact) mass is 635 g/mol. The first-order chi connectivity index (χ1) is 24.7. The number of aromatic nitrogens is 2. The largest absolute Gasteiger partial charge is 0.309 e. The summed E-state index contributed by atoms with van der Waals surface area (Å²) in [7, 11) is 0. The Hall–Kier alpha value is -7.39. The van der Waals surface area contributed by atoms with Crippen molar-refractivity contribution in [1.29, 1.82) is 10.5 Å². The lowest BCUT2D eigenvalue weighted by Gasteiger charge is -2.19. The van der Waals surface area contributed by atoms with Gasteiger partial charge in [0.2, 0.25) is 0 Å². The van der Waals surface area contributed by atoms with Gasteiger partial charge in [0.15, 0.2) is 5.69 Å². The van der Waals surface area contributed by atoms with Crippen molar-refractivity contribution in [2.45, 2.75) is 0 Å². The van der Waals surface area contributed by atoms with Crippen LogP contribution < -0.4 is 0 Å². The highest BCUT2D eigenvalue weighted by Crippen LogP contribution is 2.42. The third kappa shape index (κ3) is 4.31. The molecule has 9 rings (SSSR count). The number of nitrogens with zero attached hydrogens (tertiary/aromatic N) is 5. The summed E-state index contributed by atoms with van der Waals surface area (Å²) in [4.78, 5) is 3.70. The van der Waals surface area contributed by atoms with E-state index in [1.165, 1.54) is 0 Å². The lowest BCUT2D eigenvalue weighted by atomic mass is 9.90. The Morgan fingerprint density at radius 2 is 1.14 bits per heavy atom. The van der Waals surface area contributed by atoms with Crippen molar-refractivity contribution < 1.29 is 0 Å². The molecule has 0 saturated heterocycles. The molecule has 0 atom stereocenters. The molecule has 5 nitrogen and oxygen atoms in total. The van der Waals surface area contributed by atoms with E-state index in [4.69, 9.17) is 6.57 Å². The molecule has 0 fully saturated rings. The molecule has 0 aliphatic heterocycles. The van der Waals surface area contributed by atoms with Crippen LogP contribution in [0.2, 0.25) is 0 Å². The molecule has 9 aromatic rings. The Morgan fingerprint density at radius 1 is 0.500 bits per heavy atom. The Labute approximate surface area is 288 Å². The zero-order valence-electron chi connectivity index (χ0n) is 26.7. The molecule has 0 spiro atoms. The molecular weight excluding hydrogens is 611 g/mol. The fourth-order valence-corrected chi connectivity index (χ4v) is 7.48. The summed E-state index contributed by atoms with van der Waals surface area (Å²) in [5.74, 6) is 0. The number of fused-ring (bicyclic) bond motifs is 6. The number of hydrogen-bond donors (Lipinski definition) is 0. The van der Waals surface area contributed by atoms with Gasteiger partial charge < -0.3 is 9.13 Å². The van der Waals surface area contributed by atoms with Gasteiger partial charge in [-0.15, -0.1) is 0 Å². The highest BCUT2D eigenvalue weighted by Gasteiger charge is 2.21. The van der Waals surface area contributed by atoms with Gasteiger partial charge in [-0.25, -0.2) is 4.85 Å². The molecule has 0 bridgehead atoms. The van der Waals surface area contributed by atoms with Gasteiger partial charge in [0.1, 0.15) is 0 Å². The summed E-state index contributed by atoms with van der Waals surface area (Å²) in [6, 6.07) is 55.6. The second kappa shape index (κ2) is 11.4. The molecule has 0 saturated carbocycles. The lowest BCUT2D eigenvalue weighted by molar-refractivity contribution is 1.18. The SMILES string of the molecule is [C-]#[N+]c1ccc2c(c1)c1ccccc1n2-c1cccc(C#N)c1-c1ccccc1-c1cccc(-n2c3ccccc3c3cc(C#N)ccc32)c1. The van der Waals surface area contributed by atoms with E-state index >= 15 is 0 Å². The van der Waals surface area contributed by atoms with Crippen molar-refractivity contribution in [3.05, 3.63) is 174 Å². The van der Waals surface area contributed by atoms with Crippen LogP contribution in [-0.4, -0.2) is 9.13 Å². The molecule has 2 aromatic heterocycles. The quantitative estimate of drug-likeness (QED) is 0.181. The molecular formula is C45H25N5. The number of rotatable bonds is 4. The van der Waals surface area contributed by atoms with E-state index in [1.807, 2.05) is 84.9 Å². The molecule has 0 unspecified atom stereocenters. The van der Waals surface area contributed by atoms with Crippen molar-refractivity contribution in [3.8, 4) is 45.8 Å². The lowest BCUT2D eigenvalue weighted by Crippen LogP contribution is -2.00. The van der Waals surface area contributed by atoms with E-state index in [0.717, 1.165) is 77.2 Å². The van der Waals surface area contributed by atoms with E-state index in [0.29, 0.717) is 16.8 Å². The van der Waals surface area contributed by atoms with Gasteiger partial charge in [-0.05, 0) is 88.8 Å². The Bertz CT molecular complexity index is 2970. The zero-order valence-corrected chi connectivity index (χ0v) is 26.7.